The highest BCUT2D eigenvalue weighted by Crippen LogP contribution is 2.40. The van der Waals surface area contributed by atoms with Gasteiger partial charge in [-0.2, -0.15) is 0 Å². The number of cyclic esters (lactones) is 1. The van der Waals surface area contributed by atoms with Crippen LogP contribution in [0.4, 0.5) is 0 Å². The van der Waals surface area contributed by atoms with Crippen molar-refractivity contribution in [1.82, 2.24) is 14.5 Å². The number of benzene rings is 1. The summed E-state index contributed by atoms with van der Waals surface area (Å²) in [6, 6.07) is 10.0. The van der Waals surface area contributed by atoms with Gasteiger partial charge in [0.25, 0.3) is 5.56 Å². The Labute approximate surface area is 203 Å². The van der Waals surface area contributed by atoms with Gasteiger partial charge >= 0.3 is 5.97 Å². The van der Waals surface area contributed by atoms with Crippen molar-refractivity contribution in [2.45, 2.75) is 58.4 Å². The Kier molecular flexibility index (Phi) is 5.99. The number of ether oxygens (including phenoxy) is 1. The van der Waals surface area contributed by atoms with Gasteiger partial charge in [0, 0.05) is 35.6 Å². The van der Waals surface area contributed by atoms with E-state index in [0.29, 0.717) is 41.6 Å². The number of fused-ring (bicyclic) bond motifs is 5. The molecule has 0 fully saturated rings. The van der Waals surface area contributed by atoms with Crippen LogP contribution in [0.2, 0.25) is 0 Å². The lowest BCUT2D eigenvalue weighted by Gasteiger charge is -2.31. The second kappa shape index (κ2) is 8.86. The highest BCUT2D eigenvalue weighted by Gasteiger charge is 2.45. The zero-order chi connectivity index (χ0) is 24.9. The second-order valence-corrected chi connectivity index (χ2v) is 9.64. The van der Waals surface area contributed by atoms with Crippen LogP contribution >= 0.6 is 0 Å². The molecule has 8 heteroatoms. The molecule has 5 rings (SSSR count). The average molecular weight is 478 g/mol. The summed E-state index contributed by atoms with van der Waals surface area (Å²) >= 11 is 0. The summed E-state index contributed by atoms with van der Waals surface area (Å²) in [5.41, 5.74) is 2.85. The van der Waals surface area contributed by atoms with Crippen molar-refractivity contribution in [2.24, 2.45) is 0 Å². The van der Waals surface area contributed by atoms with Crippen LogP contribution in [-0.4, -0.2) is 56.4 Å². The molecule has 0 spiro atoms. The monoisotopic (exact) mass is 477 g/mol. The van der Waals surface area contributed by atoms with Gasteiger partial charge in [0.05, 0.1) is 35.6 Å². The number of carbonyl (C=O) groups is 1. The largest absolute Gasteiger partial charge is 0.458 e. The van der Waals surface area contributed by atoms with E-state index >= 15 is 0 Å². The Balaban J connectivity index is 1.68. The van der Waals surface area contributed by atoms with Crippen LogP contribution in [0.3, 0.4) is 0 Å². The van der Waals surface area contributed by atoms with Gasteiger partial charge in [0.2, 0.25) is 0 Å². The normalized spacial score (nSPS) is 18.7. The van der Waals surface area contributed by atoms with E-state index in [9.17, 15) is 19.8 Å². The molecule has 0 bridgehead atoms. The molecule has 3 aromatic rings. The Bertz CT molecular complexity index is 1380. The number of rotatable bonds is 7. The Morgan fingerprint density at radius 1 is 1.20 bits per heavy atom. The maximum atomic E-state index is 13.5. The number of pyridine rings is 2. The summed E-state index contributed by atoms with van der Waals surface area (Å²) < 4.78 is 6.86. The smallest absolute Gasteiger partial charge is 0.343 e. The van der Waals surface area contributed by atoms with E-state index in [4.69, 9.17) is 9.72 Å². The van der Waals surface area contributed by atoms with Gasteiger partial charge in [-0.15, -0.1) is 0 Å². The second-order valence-electron chi connectivity index (χ2n) is 9.64. The number of aliphatic hydroxyl groups is 2. The predicted octanol–water partition coefficient (Wildman–Crippen LogP) is 2.32. The first-order valence-electron chi connectivity index (χ1n) is 12.2. The Morgan fingerprint density at radius 2 is 1.97 bits per heavy atom. The van der Waals surface area contributed by atoms with E-state index in [-0.39, 0.29) is 25.2 Å². The van der Waals surface area contributed by atoms with Crippen molar-refractivity contribution >= 4 is 16.9 Å². The van der Waals surface area contributed by atoms with Crippen molar-refractivity contribution < 1.29 is 19.7 Å². The fourth-order valence-electron chi connectivity index (χ4n) is 5.41. The zero-order valence-electron chi connectivity index (χ0n) is 20.4. The molecule has 2 N–H and O–H groups in total. The maximum absolute atomic E-state index is 13.5. The van der Waals surface area contributed by atoms with Crippen molar-refractivity contribution in [3.63, 3.8) is 0 Å². The van der Waals surface area contributed by atoms with Crippen LogP contribution in [0.25, 0.3) is 22.3 Å². The summed E-state index contributed by atoms with van der Waals surface area (Å²) in [6.45, 7) is 7.62. The quantitative estimate of drug-likeness (QED) is 0.394. The van der Waals surface area contributed by atoms with E-state index in [1.54, 1.807) is 17.6 Å². The lowest BCUT2D eigenvalue weighted by Crippen LogP contribution is -2.44. The molecule has 0 aliphatic carbocycles. The van der Waals surface area contributed by atoms with Crippen LogP contribution in [0, 0.1) is 0 Å². The minimum Gasteiger partial charge on any atom is -0.458 e. The molecule has 8 nitrogen and oxygen atoms in total. The van der Waals surface area contributed by atoms with Crippen molar-refractivity contribution in [3.05, 3.63) is 62.9 Å². The van der Waals surface area contributed by atoms with E-state index in [2.05, 4.69) is 24.8 Å². The van der Waals surface area contributed by atoms with E-state index in [0.717, 1.165) is 35.0 Å². The standard InChI is InChI=1S/C27H31N3O5/c1-4-27(34)21-13-23-24-19(14-30(23)25(32)20(21)15-35-26(27)33)17(9-10-29(11-12-31)16(2)3)18-7-5-6-8-22(18)28-24/h5-8,13,16,31,34H,4,9-12,14-15H2,1-3H3/t27-/m0/s1. The Hall–Kier alpha value is -3.07. The SMILES string of the molecule is CC[C@@]1(O)C(=O)OCc2c1cc1n(c2=O)Cc2c-1nc1ccccc1c2CCN(CCO)C(C)C. The number of carbonyl (C=O) groups excluding carboxylic acids is 1. The summed E-state index contributed by atoms with van der Waals surface area (Å²) in [4.78, 5) is 33.1. The van der Waals surface area contributed by atoms with Crippen molar-refractivity contribution in [1.29, 1.82) is 0 Å². The van der Waals surface area contributed by atoms with Crippen LogP contribution in [-0.2, 0) is 34.7 Å². The van der Waals surface area contributed by atoms with Gasteiger partial charge in [0.15, 0.2) is 5.60 Å². The molecule has 1 aromatic carbocycles. The predicted molar refractivity (Wildman–Crippen MR) is 132 cm³/mol. The molecule has 0 saturated carbocycles. The van der Waals surface area contributed by atoms with Crippen molar-refractivity contribution in [2.75, 3.05) is 19.7 Å². The van der Waals surface area contributed by atoms with Crippen LogP contribution < -0.4 is 5.56 Å². The zero-order valence-corrected chi connectivity index (χ0v) is 20.4. The lowest BCUT2D eigenvalue weighted by atomic mass is 9.86. The van der Waals surface area contributed by atoms with E-state index in [1.807, 2.05) is 18.2 Å². The minimum atomic E-state index is -1.84. The number of aromatic nitrogens is 2. The first kappa shape index (κ1) is 23.7. The summed E-state index contributed by atoms with van der Waals surface area (Å²) in [7, 11) is 0. The molecule has 0 amide bonds. The molecular weight excluding hydrogens is 446 g/mol. The summed E-state index contributed by atoms with van der Waals surface area (Å²) in [6.07, 6.45) is 0.855. The van der Waals surface area contributed by atoms with E-state index < -0.39 is 11.6 Å². The minimum absolute atomic E-state index is 0.0981. The summed E-state index contributed by atoms with van der Waals surface area (Å²) in [5.74, 6) is -0.722. The maximum Gasteiger partial charge on any atom is 0.343 e. The highest BCUT2D eigenvalue weighted by molar-refractivity contribution is 5.89. The topological polar surface area (TPSA) is 105 Å². The molecule has 35 heavy (non-hydrogen) atoms. The molecule has 2 aliphatic rings. The Morgan fingerprint density at radius 3 is 2.69 bits per heavy atom. The number of hydrogen-bond acceptors (Lipinski definition) is 7. The van der Waals surface area contributed by atoms with E-state index in [1.165, 1.54) is 0 Å². The third-order valence-electron chi connectivity index (χ3n) is 7.48. The lowest BCUT2D eigenvalue weighted by molar-refractivity contribution is -0.172. The number of hydrogen-bond donors (Lipinski definition) is 2. The number of aliphatic hydroxyl groups excluding tert-OH is 1. The number of nitrogens with zero attached hydrogens (tertiary/aromatic N) is 3. The van der Waals surface area contributed by atoms with Gasteiger partial charge < -0.3 is 19.5 Å². The summed E-state index contributed by atoms with van der Waals surface area (Å²) in [5, 5.41) is 21.7. The fraction of sp³-hybridized carbons (Fsp3) is 0.444. The van der Waals surface area contributed by atoms with Gasteiger partial charge in [-0.05, 0) is 44.4 Å². The molecule has 2 aliphatic heterocycles. The van der Waals surface area contributed by atoms with Crippen molar-refractivity contribution in [3.8, 4) is 11.4 Å². The van der Waals surface area contributed by atoms with Crippen LogP contribution in [0.1, 0.15) is 49.4 Å². The molecule has 0 unspecified atom stereocenters. The average Bonchev–Trinajstić information content (AvgIpc) is 3.22. The van der Waals surface area contributed by atoms with Crippen LogP contribution in [0.5, 0.6) is 0 Å². The van der Waals surface area contributed by atoms with Gasteiger partial charge in [-0.3, -0.25) is 9.69 Å². The fourth-order valence-corrected chi connectivity index (χ4v) is 5.41. The number of esters is 1. The molecular formula is C27H31N3O5. The van der Waals surface area contributed by atoms with Gasteiger partial charge in [-0.1, -0.05) is 25.1 Å². The molecule has 4 heterocycles. The number of para-hydroxylation sites is 1. The molecule has 1 atom stereocenters. The third-order valence-corrected chi connectivity index (χ3v) is 7.48. The van der Waals surface area contributed by atoms with Gasteiger partial charge in [0.1, 0.15) is 6.61 Å². The molecule has 2 aromatic heterocycles. The first-order valence-corrected chi connectivity index (χ1v) is 12.2. The molecule has 0 radical (unpaired) electrons. The highest BCUT2D eigenvalue weighted by atomic mass is 16.6. The third kappa shape index (κ3) is 3.67. The van der Waals surface area contributed by atoms with Gasteiger partial charge in [-0.25, -0.2) is 9.78 Å². The first-order chi connectivity index (χ1) is 16.8. The van der Waals surface area contributed by atoms with Crippen LogP contribution in [0.15, 0.2) is 35.1 Å². The molecule has 184 valence electrons. The molecule has 0 saturated heterocycles.